The second-order valence-corrected chi connectivity index (χ2v) is 6.56. The molecule has 1 saturated heterocycles. The molecule has 0 aromatic heterocycles. The third-order valence-electron chi connectivity index (χ3n) is 4.21. The maximum atomic E-state index is 13.8. The van der Waals surface area contributed by atoms with Crippen LogP contribution in [0.1, 0.15) is 33.1 Å². The molecular formula is C16H24BrFN2. The van der Waals surface area contributed by atoms with Gasteiger partial charge in [0.1, 0.15) is 5.82 Å². The third kappa shape index (κ3) is 3.95. The topological polar surface area (TPSA) is 15.3 Å². The number of para-hydroxylation sites is 1. The SMILES string of the molecule is CCCN1CCC(C(C)Nc2c(F)cccc2Br)CC1. The first-order valence-corrected chi connectivity index (χ1v) is 8.34. The summed E-state index contributed by atoms with van der Waals surface area (Å²) in [5, 5.41) is 3.35. The highest BCUT2D eigenvalue weighted by Crippen LogP contribution is 2.29. The molecule has 1 heterocycles. The molecule has 1 unspecified atom stereocenters. The molecule has 1 fully saturated rings. The van der Waals surface area contributed by atoms with E-state index < -0.39 is 0 Å². The lowest BCUT2D eigenvalue weighted by atomic mass is 9.90. The van der Waals surface area contributed by atoms with E-state index >= 15 is 0 Å². The van der Waals surface area contributed by atoms with E-state index in [9.17, 15) is 4.39 Å². The molecule has 20 heavy (non-hydrogen) atoms. The van der Waals surface area contributed by atoms with Crippen LogP contribution in [-0.4, -0.2) is 30.6 Å². The number of benzene rings is 1. The van der Waals surface area contributed by atoms with E-state index in [2.05, 4.69) is 40.0 Å². The van der Waals surface area contributed by atoms with Crippen molar-refractivity contribution < 1.29 is 4.39 Å². The molecule has 2 rings (SSSR count). The van der Waals surface area contributed by atoms with Crippen LogP contribution >= 0.6 is 15.9 Å². The van der Waals surface area contributed by atoms with Crippen molar-refractivity contribution in [1.29, 1.82) is 0 Å². The van der Waals surface area contributed by atoms with E-state index in [1.54, 1.807) is 6.07 Å². The van der Waals surface area contributed by atoms with Gasteiger partial charge in [-0.15, -0.1) is 0 Å². The lowest BCUT2D eigenvalue weighted by molar-refractivity contribution is 0.176. The fourth-order valence-corrected chi connectivity index (χ4v) is 3.43. The van der Waals surface area contributed by atoms with Crippen molar-refractivity contribution in [2.24, 2.45) is 5.92 Å². The van der Waals surface area contributed by atoms with E-state index in [-0.39, 0.29) is 5.82 Å². The zero-order valence-corrected chi connectivity index (χ0v) is 13.9. The molecule has 1 N–H and O–H groups in total. The fourth-order valence-electron chi connectivity index (χ4n) is 2.97. The lowest BCUT2D eigenvalue weighted by Crippen LogP contribution is -2.39. The van der Waals surface area contributed by atoms with E-state index in [1.165, 1.54) is 45.0 Å². The van der Waals surface area contributed by atoms with Crippen LogP contribution in [0.2, 0.25) is 0 Å². The van der Waals surface area contributed by atoms with Gasteiger partial charge in [-0.3, -0.25) is 0 Å². The number of hydrogen-bond donors (Lipinski definition) is 1. The number of halogens is 2. The van der Waals surface area contributed by atoms with Gasteiger partial charge in [-0.05, 0) is 79.8 Å². The first-order valence-electron chi connectivity index (χ1n) is 7.54. The van der Waals surface area contributed by atoms with Crippen LogP contribution < -0.4 is 5.32 Å². The van der Waals surface area contributed by atoms with Gasteiger partial charge in [-0.25, -0.2) is 4.39 Å². The van der Waals surface area contributed by atoms with Gasteiger partial charge in [-0.1, -0.05) is 13.0 Å². The fraction of sp³-hybridized carbons (Fsp3) is 0.625. The highest BCUT2D eigenvalue weighted by Gasteiger charge is 2.24. The molecule has 2 nitrogen and oxygen atoms in total. The smallest absolute Gasteiger partial charge is 0.147 e. The van der Waals surface area contributed by atoms with Gasteiger partial charge in [0, 0.05) is 10.5 Å². The lowest BCUT2D eigenvalue weighted by Gasteiger charge is -2.35. The minimum atomic E-state index is -0.186. The number of piperidine rings is 1. The first kappa shape index (κ1) is 15.8. The molecule has 112 valence electrons. The molecule has 1 aliphatic heterocycles. The maximum absolute atomic E-state index is 13.8. The van der Waals surface area contributed by atoms with Gasteiger partial charge in [0.2, 0.25) is 0 Å². The Morgan fingerprint density at radius 2 is 2.10 bits per heavy atom. The molecule has 1 aromatic rings. The predicted octanol–water partition coefficient (Wildman–Crippen LogP) is 4.51. The second kappa shape index (κ2) is 7.41. The van der Waals surface area contributed by atoms with Crippen molar-refractivity contribution in [1.82, 2.24) is 4.90 Å². The van der Waals surface area contributed by atoms with Crippen LogP contribution in [0.15, 0.2) is 22.7 Å². The zero-order valence-electron chi connectivity index (χ0n) is 12.3. The van der Waals surface area contributed by atoms with Crippen LogP contribution in [0.3, 0.4) is 0 Å². The van der Waals surface area contributed by atoms with Crippen molar-refractivity contribution in [2.75, 3.05) is 25.0 Å². The maximum Gasteiger partial charge on any atom is 0.147 e. The van der Waals surface area contributed by atoms with Gasteiger partial charge >= 0.3 is 0 Å². The van der Waals surface area contributed by atoms with Gasteiger partial charge in [0.05, 0.1) is 5.69 Å². The third-order valence-corrected chi connectivity index (χ3v) is 4.87. The molecule has 0 aliphatic carbocycles. The van der Waals surface area contributed by atoms with Gasteiger partial charge in [0.15, 0.2) is 0 Å². The molecular weight excluding hydrogens is 319 g/mol. The van der Waals surface area contributed by atoms with Crippen molar-refractivity contribution in [2.45, 2.75) is 39.2 Å². The summed E-state index contributed by atoms with van der Waals surface area (Å²) in [6.07, 6.45) is 3.61. The minimum absolute atomic E-state index is 0.186. The van der Waals surface area contributed by atoms with Gasteiger partial charge in [0.25, 0.3) is 0 Å². The molecule has 0 amide bonds. The van der Waals surface area contributed by atoms with Crippen LogP contribution in [0.4, 0.5) is 10.1 Å². The largest absolute Gasteiger partial charge is 0.379 e. The molecule has 0 spiro atoms. The predicted molar refractivity (Wildman–Crippen MR) is 86.6 cm³/mol. The van der Waals surface area contributed by atoms with Crippen molar-refractivity contribution in [3.63, 3.8) is 0 Å². The number of rotatable bonds is 5. The van der Waals surface area contributed by atoms with Crippen LogP contribution in [0, 0.1) is 11.7 Å². The second-order valence-electron chi connectivity index (χ2n) is 5.71. The average Bonchev–Trinajstić information content (AvgIpc) is 2.44. The van der Waals surface area contributed by atoms with Crippen molar-refractivity contribution in [3.05, 3.63) is 28.5 Å². The number of hydrogen-bond acceptors (Lipinski definition) is 2. The monoisotopic (exact) mass is 342 g/mol. The number of anilines is 1. The van der Waals surface area contributed by atoms with Crippen molar-refractivity contribution >= 4 is 21.6 Å². The summed E-state index contributed by atoms with van der Waals surface area (Å²) in [6.45, 7) is 7.93. The normalized spacial score (nSPS) is 19.0. The minimum Gasteiger partial charge on any atom is -0.379 e. The van der Waals surface area contributed by atoms with Gasteiger partial charge in [-0.2, -0.15) is 0 Å². The van der Waals surface area contributed by atoms with Gasteiger partial charge < -0.3 is 10.2 Å². The zero-order chi connectivity index (χ0) is 14.5. The number of nitrogens with one attached hydrogen (secondary N) is 1. The van der Waals surface area contributed by atoms with Crippen molar-refractivity contribution in [3.8, 4) is 0 Å². The molecule has 0 bridgehead atoms. The van der Waals surface area contributed by atoms with E-state index in [0.29, 0.717) is 17.6 Å². The highest BCUT2D eigenvalue weighted by molar-refractivity contribution is 9.10. The van der Waals surface area contributed by atoms with Crippen LogP contribution in [0.25, 0.3) is 0 Å². The summed E-state index contributed by atoms with van der Waals surface area (Å²) < 4.78 is 14.6. The van der Waals surface area contributed by atoms with E-state index in [0.717, 1.165) is 4.47 Å². The Morgan fingerprint density at radius 3 is 2.70 bits per heavy atom. The Hall–Kier alpha value is -0.610. The summed E-state index contributed by atoms with van der Waals surface area (Å²) in [7, 11) is 0. The number of likely N-dealkylation sites (tertiary alicyclic amines) is 1. The molecule has 1 aromatic carbocycles. The molecule has 1 aliphatic rings. The Kier molecular flexibility index (Phi) is 5.85. The average molecular weight is 343 g/mol. The Morgan fingerprint density at radius 1 is 1.40 bits per heavy atom. The Balaban J connectivity index is 1.91. The first-order chi connectivity index (χ1) is 9.61. The molecule has 0 radical (unpaired) electrons. The summed E-state index contributed by atoms with van der Waals surface area (Å²) in [5.74, 6) is 0.434. The Labute approximate surface area is 129 Å². The molecule has 4 heteroatoms. The van der Waals surface area contributed by atoms with Crippen LogP contribution in [-0.2, 0) is 0 Å². The standard InChI is InChI=1S/C16H24BrFN2/c1-3-9-20-10-7-13(8-11-20)12(2)19-16-14(17)5-4-6-15(16)18/h4-6,12-13,19H,3,7-11H2,1-2H3. The number of nitrogens with zero attached hydrogens (tertiary/aromatic N) is 1. The highest BCUT2D eigenvalue weighted by atomic mass is 79.9. The summed E-state index contributed by atoms with van der Waals surface area (Å²) in [6, 6.07) is 5.40. The summed E-state index contributed by atoms with van der Waals surface area (Å²) in [4.78, 5) is 2.53. The van der Waals surface area contributed by atoms with Crippen LogP contribution in [0.5, 0.6) is 0 Å². The summed E-state index contributed by atoms with van der Waals surface area (Å²) >= 11 is 3.42. The molecule has 0 saturated carbocycles. The Bertz CT molecular complexity index is 410. The van der Waals surface area contributed by atoms with E-state index in [4.69, 9.17) is 0 Å². The quantitative estimate of drug-likeness (QED) is 0.846. The van der Waals surface area contributed by atoms with E-state index in [1.807, 2.05) is 6.07 Å². The molecule has 1 atom stereocenters. The summed E-state index contributed by atoms with van der Waals surface area (Å²) in [5.41, 5.74) is 0.594.